The Morgan fingerprint density at radius 1 is 1.41 bits per heavy atom. The summed E-state index contributed by atoms with van der Waals surface area (Å²) in [6.07, 6.45) is -8.97. The molecule has 4 nitrogen and oxygen atoms in total. The van der Waals surface area contributed by atoms with Crippen molar-refractivity contribution in [1.82, 2.24) is 0 Å². The molecule has 0 radical (unpaired) electrons. The molecule has 0 aromatic rings. The van der Waals surface area contributed by atoms with Crippen molar-refractivity contribution in [2.24, 2.45) is 5.73 Å². The van der Waals surface area contributed by atoms with E-state index in [0.717, 1.165) is 0 Å². The molecule has 0 amide bonds. The van der Waals surface area contributed by atoms with Crippen LogP contribution in [-0.2, 0) is 14.3 Å². The van der Waals surface area contributed by atoms with E-state index < -0.39 is 37.0 Å². The lowest BCUT2D eigenvalue weighted by Crippen LogP contribution is -2.59. The van der Waals surface area contributed by atoms with Crippen LogP contribution in [0.15, 0.2) is 0 Å². The number of halogens is 5. The smallest absolute Gasteiger partial charge is 0.437 e. The van der Waals surface area contributed by atoms with E-state index in [1.165, 1.54) is 0 Å². The van der Waals surface area contributed by atoms with Gasteiger partial charge in [0.2, 0.25) is 0 Å². The second-order valence-corrected chi connectivity index (χ2v) is 3.71. The Morgan fingerprint density at radius 2 is 1.94 bits per heavy atom. The molecular weight excluding hydrogens is 253 g/mol. The molecule has 0 aromatic carbocycles. The standard InChI is InChI=1S/C8H10F5NO3/c9-5(10)3-16-4-1-7(14,2-4)17-6(15)8(11,12)13/h4-5H,1-3,14H2. The molecule has 0 bridgehead atoms. The van der Waals surface area contributed by atoms with Crippen LogP contribution in [0, 0.1) is 0 Å². The van der Waals surface area contributed by atoms with Gasteiger partial charge in [-0.3, -0.25) is 5.73 Å². The largest absolute Gasteiger partial charge is 0.490 e. The summed E-state index contributed by atoms with van der Waals surface area (Å²) < 4.78 is 67.6. The fourth-order valence-electron chi connectivity index (χ4n) is 1.36. The highest BCUT2D eigenvalue weighted by atomic mass is 19.4. The quantitative estimate of drug-likeness (QED) is 0.470. The molecule has 0 aliphatic heterocycles. The predicted octanol–water partition coefficient (Wildman–Crippen LogP) is 1.19. The predicted molar refractivity (Wildman–Crippen MR) is 44.0 cm³/mol. The second-order valence-electron chi connectivity index (χ2n) is 3.71. The number of hydrogen-bond acceptors (Lipinski definition) is 4. The van der Waals surface area contributed by atoms with Crippen LogP contribution >= 0.6 is 0 Å². The summed E-state index contributed by atoms with van der Waals surface area (Å²) in [5, 5.41) is 0. The molecule has 0 spiro atoms. The van der Waals surface area contributed by atoms with Gasteiger partial charge in [-0.15, -0.1) is 0 Å². The minimum atomic E-state index is -5.12. The van der Waals surface area contributed by atoms with Crippen molar-refractivity contribution in [2.45, 2.75) is 37.3 Å². The minimum Gasteiger partial charge on any atom is -0.437 e. The number of rotatable bonds is 4. The Labute approximate surface area is 92.8 Å². The zero-order valence-electron chi connectivity index (χ0n) is 8.47. The van der Waals surface area contributed by atoms with E-state index in [0.29, 0.717) is 0 Å². The minimum absolute atomic E-state index is 0.235. The normalized spacial score (nSPS) is 29.0. The maximum absolute atomic E-state index is 11.8. The molecule has 1 fully saturated rings. The van der Waals surface area contributed by atoms with E-state index in [4.69, 9.17) is 5.73 Å². The third-order valence-electron chi connectivity index (χ3n) is 2.13. The summed E-state index contributed by atoms with van der Waals surface area (Å²) in [5.41, 5.74) is 3.51. The van der Waals surface area contributed by atoms with E-state index in [1.54, 1.807) is 0 Å². The van der Waals surface area contributed by atoms with Crippen molar-refractivity contribution in [1.29, 1.82) is 0 Å². The molecule has 0 saturated heterocycles. The lowest BCUT2D eigenvalue weighted by Gasteiger charge is -2.43. The third kappa shape index (κ3) is 4.08. The maximum atomic E-state index is 11.8. The summed E-state index contributed by atoms with van der Waals surface area (Å²) in [5.74, 6) is -2.40. The van der Waals surface area contributed by atoms with Gasteiger partial charge in [-0.2, -0.15) is 13.2 Å². The van der Waals surface area contributed by atoms with E-state index in [2.05, 4.69) is 9.47 Å². The summed E-state index contributed by atoms with van der Waals surface area (Å²) in [6.45, 7) is -0.825. The fraction of sp³-hybridized carbons (Fsp3) is 0.875. The zero-order chi connectivity index (χ0) is 13.3. The first-order valence-electron chi connectivity index (χ1n) is 4.61. The van der Waals surface area contributed by atoms with E-state index in [-0.39, 0.29) is 12.8 Å². The molecule has 9 heteroatoms. The number of carbonyl (C=O) groups excluding carboxylic acids is 1. The molecule has 1 aliphatic carbocycles. The average molecular weight is 263 g/mol. The van der Waals surface area contributed by atoms with Gasteiger partial charge >= 0.3 is 12.1 Å². The van der Waals surface area contributed by atoms with Gasteiger partial charge in [-0.1, -0.05) is 0 Å². The monoisotopic (exact) mass is 263 g/mol. The van der Waals surface area contributed by atoms with Crippen molar-refractivity contribution >= 4 is 5.97 Å². The summed E-state index contributed by atoms with van der Waals surface area (Å²) >= 11 is 0. The van der Waals surface area contributed by atoms with Gasteiger partial charge in [0.25, 0.3) is 6.43 Å². The van der Waals surface area contributed by atoms with Crippen LogP contribution in [0.5, 0.6) is 0 Å². The Morgan fingerprint density at radius 3 is 2.35 bits per heavy atom. The average Bonchev–Trinajstić information content (AvgIpc) is 2.09. The van der Waals surface area contributed by atoms with Gasteiger partial charge in [-0.25, -0.2) is 13.6 Å². The van der Waals surface area contributed by atoms with Crippen LogP contribution in [0.3, 0.4) is 0 Å². The van der Waals surface area contributed by atoms with Gasteiger partial charge in [0.05, 0.1) is 6.10 Å². The number of esters is 1. The van der Waals surface area contributed by atoms with E-state index in [1.807, 2.05) is 0 Å². The highest BCUT2D eigenvalue weighted by molar-refractivity contribution is 5.76. The number of carbonyl (C=O) groups is 1. The van der Waals surface area contributed by atoms with Crippen LogP contribution in [-0.4, -0.2) is 37.0 Å². The summed E-state index contributed by atoms with van der Waals surface area (Å²) in [4.78, 5) is 10.5. The summed E-state index contributed by atoms with van der Waals surface area (Å²) in [7, 11) is 0. The number of alkyl halides is 5. The SMILES string of the molecule is NC1(OC(=O)C(F)(F)F)CC(OCC(F)F)C1. The Kier molecular flexibility index (Phi) is 3.92. The van der Waals surface area contributed by atoms with Crippen LogP contribution < -0.4 is 5.73 Å². The van der Waals surface area contributed by atoms with Gasteiger partial charge in [0, 0.05) is 12.8 Å². The topological polar surface area (TPSA) is 61.5 Å². The lowest BCUT2D eigenvalue weighted by atomic mass is 9.85. The van der Waals surface area contributed by atoms with Crippen molar-refractivity contribution in [3.05, 3.63) is 0 Å². The van der Waals surface area contributed by atoms with Crippen LogP contribution in [0.2, 0.25) is 0 Å². The molecule has 100 valence electrons. The first kappa shape index (κ1) is 14.1. The number of nitrogens with two attached hydrogens (primary N) is 1. The molecular formula is C8H10F5NO3. The highest BCUT2D eigenvalue weighted by Crippen LogP contribution is 2.35. The van der Waals surface area contributed by atoms with E-state index >= 15 is 0 Å². The Bertz CT molecular complexity index is 287. The van der Waals surface area contributed by atoms with Crippen LogP contribution in [0.1, 0.15) is 12.8 Å². The first-order chi connectivity index (χ1) is 7.62. The van der Waals surface area contributed by atoms with Gasteiger partial charge in [0.15, 0.2) is 5.72 Å². The van der Waals surface area contributed by atoms with Crippen molar-refractivity contribution < 1.29 is 36.2 Å². The van der Waals surface area contributed by atoms with E-state index in [9.17, 15) is 26.7 Å². The molecule has 0 atom stereocenters. The fourth-order valence-corrected chi connectivity index (χ4v) is 1.36. The Hall–Kier alpha value is -0.960. The van der Waals surface area contributed by atoms with Crippen LogP contribution in [0.4, 0.5) is 22.0 Å². The van der Waals surface area contributed by atoms with Crippen LogP contribution in [0.25, 0.3) is 0 Å². The molecule has 0 aromatic heterocycles. The molecule has 0 heterocycles. The number of hydrogen-bond donors (Lipinski definition) is 1. The highest BCUT2D eigenvalue weighted by Gasteiger charge is 2.51. The van der Waals surface area contributed by atoms with Gasteiger partial charge in [-0.05, 0) is 0 Å². The summed E-state index contributed by atoms with van der Waals surface area (Å²) in [6, 6.07) is 0. The molecule has 0 unspecified atom stereocenters. The lowest BCUT2D eigenvalue weighted by molar-refractivity contribution is -0.233. The first-order valence-corrected chi connectivity index (χ1v) is 4.61. The molecule has 2 N–H and O–H groups in total. The molecule has 17 heavy (non-hydrogen) atoms. The second kappa shape index (κ2) is 4.73. The van der Waals surface area contributed by atoms with Gasteiger partial charge in [0.1, 0.15) is 6.61 Å². The molecule has 1 aliphatic rings. The zero-order valence-corrected chi connectivity index (χ0v) is 8.47. The number of ether oxygens (including phenoxy) is 2. The Balaban J connectivity index is 2.31. The molecule has 1 saturated carbocycles. The third-order valence-corrected chi connectivity index (χ3v) is 2.13. The molecule has 1 rings (SSSR count). The van der Waals surface area contributed by atoms with Crippen molar-refractivity contribution in [3.8, 4) is 0 Å². The van der Waals surface area contributed by atoms with Gasteiger partial charge < -0.3 is 9.47 Å². The van der Waals surface area contributed by atoms with Crippen molar-refractivity contribution in [3.63, 3.8) is 0 Å². The van der Waals surface area contributed by atoms with Crippen molar-refractivity contribution in [2.75, 3.05) is 6.61 Å². The maximum Gasteiger partial charge on any atom is 0.490 e.